The smallest absolute Gasteiger partial charge is 0.318 e. The second-order valence-corrected chi connectivity index (χ2v) is 3.81. The van der Waals surface area contributed by atoms with Gasteiger partial charge in [0.1, 0.15) is 0 Å². The van der Waals surface area contributed by atoms with E-state index in [1.165, 1.54) is 12.8 Å². The Balaban J connectivity index is 2.19. The SMILES string of the molecule is CC1CCCC1NCC(=O)NC(N)=O. The van der Waals surface area contributed by atoms with Crippen LogP contribution in [0.1, 0.15) is 26.2 Å². The number of urea groups is 1. The van der Waals surface area contributed by atoms with Gasteiger partial charge in [-0.2, -0.15) is 0 Å². The van der Waals surface area contributed by atoms with Gasteiger partial charge in [0.15, 0.2) is 0 Å². The third-order valence-corrected chi connectivity index (χ3v) is 2.65. The zero-order valence-electron chi connectivity index (χ0n) is 8.38. The molecule has 4 N–H and O–H groups in total. The molecule has 0 heterocycles. The largest absolute Gasteiger partial charge is 0.351 e. The summed E-state index contributed by atoms with van der Waals surface area (Å²) in [6.07, 6.45) is 3.51. The van der Waals surface area contributed by atoms with Crippen LogP contribution in [0.15, 0.2) is 0 Å². The monoisotopic (exact) mass is 199 g/mol. The van der Waals surface area contributed by atoms with Crippen molar-refractivity contribution in [3.05, 3.63) is 0 Å². The number of nitrogens with two attached hydrogens (primary N) is 1. The number of hydrogen-bond acceptors (Lipinski definition) is 3. The van der Waals surface area contributed by atoms with Crippen LogP contribution in [0, 0.1) is 5.92 Å². The van der Waals surface area contributed by atoms with E-state index in [4.69, 9.17) is 5.73 Å². The highest BCUT2D eigenvalue weighted by Crippen LogP contribution is 2.24. The first-order valence-electron chi connectivity index (χ1n) is 4.92. The Morgan fingerprint density at radius 3 is 2.64 bits per heavy atom. The third-order valence-electron chi connectivity index (χ3n) is 2.65. The molecule has 1 fully saturated rings. The lowest BCUT2D eigenvalue weighted by atomic mass is 10.1. The van der Waals surface area contributed by atoms with Gasteiger partial charge in [0.25, 0.3) is 0 Å². The van der Waals surface area contributed by atoms with E-state index in [2.05, 4.69) is 12.2 Å². The van der Waals surface area contributed by atoms with E-state index in [0.717, 1.165) is 6.42 Å². The minimum absolute atomic E-state index is 0.165. The van der Waals surface area contributed by atoms with Crippen LogP contribution in [-0.2, 0) is 4.79 Å². The number of hydrogen-bond donors (Lipinski definition) is 3. The van der Waals surface area contributed by atoms with Crippen LogP contribution in [0.25, 0.3) is 0 Å². The zero-order chi connectivity index (χ0) is 10.6. The molecular formula is C9H17N3O2. The van der Waals surface area contributed by atoms with E-state index in [-0.39, 0.29) is 12.5 Å². The second-order valence-electron chi connectivity index (χ2n) is 3.81. The highest BCUT2D eigenvalue weighted by atomic mass is 16.2. The summed E-state index contributed by atoms with van der Waals surface area (Å²) >= 11 is 0. The van der Waals surface area contributed by atoms with Crippen molar-refractivity contribution in [2.75, 3.05) is 6.54 Å². The van der Waals surface area contributed by atoms with Crippen LogP contribution < -0.4 is 16.4 Å². The molecule has 1 saturated carbocycles. The lowest BCUT2D eigenvalue weighted by Gasteiger charge is -2.16. The van der Waals surface area contributed by atoms with Crippen LogP contribution >= 0.6 is 0 Å². The van der Waals surface area contributed by atoms with Crippen molar-refractivity contribution < 1.29 is 9.59 Å². The predicted octanol–water partition coefficient (Wildman–Crippen LogP) is -0.0405. The van der Waals surface area contributed by atoms with Gasteiger partial charge in [0.05, 0.1) is 6.54 Å². The molecule has 0 saturated heterocycles. The predicted molar refractivity (Wildman–Crippen MR) is 52.5 cm³/mol. The van der Waals surface area contributed by atoms with E-state index in [0.29, 0.717) is 12.0 Å². The second kappa shape index (κ2) is 4.95. The van der Waals surface area contributed by atoms with Crippen LogP contribution in [-0.4, -0.2) is 24.5 Å². The Morgan fingerprint density at radius 2 is 2.14 bits per heavy atom. The topological polar surface area (TPSA) is 84.2 Å². The van der Waals surface area contributed by atoms with Crippen LogP contribution in [0.2, 0.25) is 0 Å². The van der Waals surface area contributed by atoms with Crippen molar-refractivity contribution in [1.29, 1.82) is 0 Å². The average Bonchev–Trinajstić information content (AvgIpc) is 2.46. The van der Waals surface area contributed by atoms with Gasteiger partial charge < -0.3 is 11.1 Å². The summed E-state index contributed by atoms with van der Waals surface area (Å²) in [5.41, 5.74) is 4.81. The molecule has 80 valence electrons. The fourth-order valence-electron chi connectivity index (χ4n) is 1.85. The number of primary amides is 1. The molecule has 5 heteroatoms. The molecule has 2 atom stereocenters. The zero-order valence-corrected chi connectivity index (χ0v) is 8.38. The van der Waals surface area contributed by atoms with E-state index in [1.807, 2.05) is 5.32 Å². The van der Waals surface area contributed by atoms with Gasteiger partial charge >= 0.3 is 6.03 Å². The molecule has 5 nitrogen and oxygen atoms in total. The molecule has 3 amide bonds. The molecule has 0 radical (unpaired) electrons. The Kier molecular flexibility index (Phi) is 3.88. The molecule has 2 unspecified atom stereocenters. The summed E-state index contributed by atoms with van der Waals surface area (Å²) in [6, 6.07) is -0.398. The number of imide groups is 1. The van der Waals surface area contributed by atoms with Crippen molar-refractivity contribution in [2.24, 2.45) is 11.7 Å². The van der Waals surface area contributed by atoms with Crippen molar-refractivity contribution in [3.8, 4) is 0 Å². The van der Waals surface area contributed by atoms with Crippen LogP contribution in [0.3, 0.4) is 0 Å². The van der Waals surface area contributed by atoms with Crippen molar-refractivity contribution >= 4 is 11.9 Å². The molecule has 1 rings (SSSR count). The Labute approximate surface area is 83.4 Å². The maximum atomic E-state index is 11.0. The first kappa shape index (κ1) is 11.0. The molecule has 0 aromatic heterocycles. The molecule has 0 aromatic carbocycles. The van der Waals surface area contributed by atoms with E-state index < -0.39 is 6.03 Å². The molecule has 1 aliphatic carbocycles. The number of amides is 3. The van der Waals surface area contributed by atoms with E-state index in [1.54, 1.807) is 0 Å². The van der Waals surface area contributed by atoms with E-state index in [9.17, 15) is 9.59 Å². The quantitative estimate of drug-likeness (QED) is 0.596. The van der Waals surface area contributed by atoms with Gasteiger partial charge in [-0.1, -0.05) is 13.3 Å². The minimum atomic E-state index is -0.795. The van der Waals surface area contributed by atoms with Gasteiger partial charge in [-0.05, 0) is 18.8 Å². The number of carbonyl (C=O) groups excluding carboxylic acids is 2. The molecule has 0 aliphatic heterocycles. The first-order valence-corrected chi connectivity index (χ1v) is 4.92. The third kappa shape index (κ3) is 3.33. The summed E-state index contributed by atoms with van der Waals surface area (Å²) < 4.78 is 0. The molecule has 0 spiro atoms. The summed E-state index contributed by atoms with van der Waals surface area (Å²) in [4.78, 5) is 21.4. The number of rotatable bonds is 3. The van der Waals surface area contributed by atoms with Crippen LogP contribution in [0.5, 0.6) is 0 Å². The Hall–Kier alpha value is -1.10. The van der Waals surface area contributed by atoms with Crippen LogP contribution in [0.4, 0.5) is 4.79 Å². The molecule has 0 aromatic rings. The van der Waals surface area contributed by atoms with Crippen molar-refractivity contribution in [2.45, 2.75) is 32.2 Å². The maximum absolute atomic E-state index is 11.0. The summed E-state index contributed by atoms with van der Waals surface area (Å²) in [5, 5.41) is 5.14. The average molecular weight is 199 g/mol. The minimum Gasteiger partial charge on any atom is -0.351 e. The van der Waals surface area contributed by atoms with Crippen molar-refractivity contribution in [1.82, 2.24) is 10.6 Å². The van der Waals surface area contributed by atoms with Gasteiger partial charge in [-0.3, -0.25) is 10.1 Å². The molecule has 1 aliphatic rings. The van der Waals surface area contributed by atoms with Gasteiger partial charge in [-0.25, -0.2) is 4.79 Å². The summed E-state index contributed by atoms with van der Waals surface area (Å²) in [7, 11) is 0. The highest BCUT2D eigenvalue weighted by Gasteiger charge is 2.23. The number of nitrogens with one attached hydrogen (secondary N) is 2. The lowest BCUT2D eigenvalue weighted by molar-refractivity contribution is -0.119. The normalized spacial score (nSPS) is 26.1. The molecule has 0 bridgehead atoms. The fourth-order valence-corrected chi connectivity index (χ4v) is 1.85. The van der Waals surface area contributed by atoms with Gasteiger partial charge in [0, 0.05) is 6.04 Å². The Bertz CT molecular complexity index is 230. The standard InChI is InChI=1S/C9H17N3O2/c1-6-3-2-4-7(6)11-5-8(13)12-9(10)14/h6-7,11H,2-5H2,1H3,(H3,10,12,13,14). The van der Waals surface area contributed by atoms with Crippen molar-refractivity contribution in [3.63, 3.8) is 0 Å². The van der Waals surface area contributed by atoms with Gasteiger partial charge in [0.2, 0.25) is 5.91 Å². The Morgan fingerprint density at radius 1 is 1.43 bits per heavy atom. The van der Waals surface area contributed by atoms with E-state index >= 15 is 0 Å². The summed E-state index contributed by atoms with van der Waals surface area (Å²) in [5.74, 6) is 0.243. The number of carbonyl (C=O) groups is 2. The highest BCUT2D eigenvalue weighted by molar-refractivity contribution is 5.94. The first-order chi connectivity index (χ1) is 6.59. The molecule has 14 heavy (non-hydrogen) atoms. The maximum Gasteiger partial charge on any atom is 0.318 e. The summed E-state index contributed by atoms with van der Waals surface area (Å²) in [6.45, 7) is 2.33. The van der Waals surface area contributed by atoms with Gasteiger partial charge in [-0.15, -0.1) is 0 Å². The molecular weight excluding hydrogens is 182 g/mol. The lowest BCUT2D eigenvalue weighted by Crippen LogP contribution is -2.43. The fraction of sp³-hybridized carbons (Fsp3) is 0.778.